The maximum Gasteiger partial charge on any atom is 0.0176 e. The van der Waals surface area contributed by atoms with Crippen LogP contribution in [0, 0.1) is 0 Å². The summed E-state index contributed by atoms with van der Waals surface area (Å²) < 4.78 is 0. The molecular formula is C22H30S7. The number of thiol groups is 4. The van der Waals surface area contributed by atoms with E-state index in [1.54, 1.807) is 0 Å². The summed E-state index contributed by atoms with van der Waals surface area (Å²) in [6, 6.07) is 17.9. The zero-order valence-corrected chi connectivity index (χ0v) is 22.5. The maximum atomic E-state index is 4.52. The number of hydrogen-bond acceptors (Lipinski definition) is 7. The molecule has 0 aliphatic carbocycles. The summed E-state index contributed by atoms with van der Waals surface area (Å²) in [5.74, 6) is 5.81. The molecule has 0 fully saturated rings. The first-order valence-corrected chi connectivity index (χ1v) is 15.1. The summed E-state index contributed by atoms with van der Waals surface area (Å²) in [6.07, 6.45) is 2.13. The lowest BCUT2D eigenvalue weighted by Crippen LogP contribution is -2.10. The second-order valence-corrected chi connectivity index (χ2v) is 12.2. The van der Waals surface area contributed by atoms with Gasteiger partial charge in [0.15, 0.2) is 0 Å². The second kappa shape index (κ2) is 15.7. The Morgan fingerprint density at radius 1 is 0.655 bits per heavy atom. The lowest BCUT2D eigenvalue weighted by Gasteiger charge is -2.15. The molecule has 0 spiro atoms. The van der Waals surface area contributed by atoms with Gasteiger partial charge in [-0.25, -0.2) is 0 Å². The molecule has 0 radical (unpaired) electrons. The Labute approximate surface area is 211 Å². The number of benzene rings is 2. The standard InChI is InChI=1S/C22H30S7/c23-8-10-27-21(15-25)12-17-4-6-19(7-5-17)29-20-3-1-2-18(13-20)14-22(16-26)28-11-9-24/h1-7,13,21-26H,8-12,14-16H2. The van der Waals surface area contributed by atoms with Crippen LogP contribution in [0.25, 0.3) is 0 Å². The molecule has 0 aromatic heterocycles. The average Bonchev–Trinajstić information content (AvgIpc) is 2.75. The summed E-state index contributed by atoms with van der Waals surface area (Å²) in [7, 11) is 0. The molecule has 0 aliphatic heterocycles. The van der Waals surface area contributed by atoms with Crippen LogP contribution in [-0.4, -0.2) is 45.0 Å². The highest BCUT2D eigenvalue weighted by Gasteiger charge is 2.10. The third kappa shape index (κ3) is 10.4. The molecule has 160 valence electrons. The van der Waals surface area contributed by atoms with Crippen molar-refractivity contribution in [1.29, 1.82) is 0 Å². The topological polar surface area (TPSA) is 0 Å². The van der Waals surface area contributed by atoms with E-state index in [2.05, 4.69) is 99.0 Å². The Balaban J connectivity index is 1.94. The van der Waals surface area contributed by atoms with Crippen molar-refractivity contribution in [3.05, 3.63) is 59.7 Å². The highest BCUT2D eigenvalue weighted by molar-refractivity contribution is 8.01. The Morgan fingerprint density at radius 2 is 1.24 bits per heavy atom. The number of thioether (sulfide) groups is 2. The first-order chi connectivity index (χ1) is 14.2. The van der Waals surface area contributed by atoms with Crippen LogP contribution in [0.5, 0.6) is 0 Å². The largest absolute Gasteiger partial charge is 0.179 e. The van der Waals surface area contributed by atoms with E-state index in [4.69, 9.17) is 0 Å². The van der Waals surface area contributed by atoms with Crippen molar-refractivity contribution in [3.8, 4) is 0 Å². The van der Waals surface area contributed by atoms with Gasteiger partial charge in [-0.15, -0.1) is 0 Å². The SMILES string of the molecule is SCCSC(CS)Cc1ccc(Sc2cccc(CC(CS)SCCS)c2)cc1. The van der Waals surface area contributed by atoms with Crippen LogP contribution in [0.2, 0.25) is 0 Å². The normalized spacial score (nSPS) is 13.4. The van der Waals surface area contributed by atoms with Crippen molar-refractivity contribution in [3.63, 3.8) is 0 Å². The van der Waals surface area contributed by atoms with Gasteiger partial charge in [0.05, 0.1) is 0 Å². The molecule has 0 heterocycles. The predicted molar refractivity (Wildman–Crippen MR) is 152 cm³/mol. The van der Waals surface area contributed by atoms with Crippen LogP contribution >= 0.6 is 85.8 Å². The van der Waals surface area contributed by atoms with E-state index in [1.165, 1.54) is 20.9 Å². The van der Waals surface area contributed by atoms with Gasteiger partial charge in [-0.1, -0.05) is 36.0 Å². The first-order valence-electron chi connectivity index (χ1n) is 9.70. The second-order valence-electron chi connectivity index (χ2n) is 6.60. The summed E-state index contributed by atoms with van der Waals surface area (Å²) >= 11 is 23.4. The van der Waals surface area contributed by atoms with E-state index in [1.807, 2.05) is 35.3 Å². The predicted octanol–water partition coefficient (Wildman–Crippen LogP) is 6.85. The molecule has 0 N–H and O–H groups in total. The van der Waals surface area contributed by atoms with E-state index in [0.29, 0.717) is 10.5 Å². The minimum absolute atomic E-state index is 0.546. The van der Waals surface area contributed by atoms with Gasteiger partial charge in [-0.05, 0) is 59.7 Å². The van der Waals surface area contributed by atoms with Crippen molar-refractivity contribution >= 4 is 85.8 Å². The van der Waals surface area contributed by atoms with Crippen LogP contribution in [0.3, 0.4) is 0 Å². The minimum Gasteiger partial charge on any atom is -0.179 e. The molecule has 29 heavy (non-hydrogen) atoms. The molecule has 0 amide bonds. The van der Waals surface area contributed by atoms with E-state index in [-0.39, 0.29) is 0 Å². The van der Waals surface area contributed by atoms with Crippen LogP contribution in [0.4, 0.5) is 0 Å². The van der Waals surface area contributed by atoms with E-state index >= 15 is 0 Å². The van der Waals surface area contributed by atoms with Gasteiger partial charge in [0, 0.05) is 43.3 Å². The van der Waals surface area contributed by atoms with Gasteiger partial charge >= 0.3 is 0 Å². The van der Waals surface area contributed by atoms with Crippen LogP contribution < -0.4 is 0 Å². The van der Waals surface area contributed by atoms with E-state index < -0.39 is 0 Å². The zero-order valence-electron chi connectivity index (χ0n) is 16.4. The van der Waals surface area contributed by atoms with Crippen molar-refractivity contribution in [2.24, 2.45) is 0 Å². The third-order valence-corrected chi connectivity index (χ3v) is 10.2. The highest BCUT2D eigenvalue weighted by Crippen LogP contribution is 2.30. The van der Waals surface area contributed by atoms with E-state index in [9.17, 15) is 0 Å². The molecule has 0 bridgehead atoms. The third-order valence-electron chi connectivity index (χ3n) is 4.28. The smallest absolute Gasteiger partial charge is 0.0176 e. The molecule has 2 aromatic carbocycles. The fraction of sp³-hybridized carbons (Fsp3) is 0.455. The summed E-state index contributed by atoms with van der Waals surface area (Å²) in [5.41, 5.74) is 2.77. The molecular weight excluding hydrogens is 489 g/mol. The van der Waals surface area contributed by atoms with Crippen molar-refractivity contribution in [1.82, 2.24) is 0 Å². The molecule has 0 saturated carbocycles. The molecule has 7 heteroatoms. The molecule has 2 rings (SSSR count). The molecule has 0 saturated heterocycles. The highest BCUT2D eigenvalue weighted by atomic mass is 32.2. The fourth-order valence-corrected chi connectivity index (χ4v) is 7.02. The first kappa shape index (κ1) is 26.1. The quantitative estimate of drug-likeness (QED) is 0.202. The number of rotatable bonds is 14. The number of hydrogen-bond donors (Lipinski definition) is 4. The van der Waals surface area contributed by atoms with Crippen molar-refractivity contribution < 1.29 is 0 Å². The summed E-state index contributed by atoms with van der Waals surface area (Å²) in [4.78, 5) is 2.58. The van der Waals surface area contributed by atoms with Crippen LogP contribution in [0.1, 0.15) is 11.1 Å². The van der Waals surface area contributed by atoms with Crippen molar-refractivity contribution in [2.75, 3.05) is 34.5 Å². The Bertz CT molecular complexity index is 690. The Hall–Kier alpha value is 0.890. The summed E-state index contributed by atoms with van der Waals surface area (Å²) in [5, 5.41) is 1.10. The van der Waals surface area contributed by atoms with E-state index in [0.717, 1.165) is 47.4 Å². The zero-order chi connectivity index (χ0) is 20.9. The molecule has 2 atom stereocenters. The van der Waals surface area contributed by atoms with Crippen LogP contribution in [-0.2, 0) is 12.8 Å². The molecule has 0 aliphatic rings. The lowest BCUT2D eigenvalue weighted by molar-refractivity contribution is 0.951. The van der Waals surface area contributed by atoms with Crippen LogP contribution in [0.15, 0.2) is 58.3 Å². The molecule has 2 aromatic rings. The Morgan fingerprint density at radius 3 is 1.79 bits per heavy atom. The van der Waals surface area contributed by atoms with Gasteiger partial charge in [-0.2, -0.15) is 74.0 Å². The monoisotopic (exact) mass is 518 g/mol. The van der Waals surface area contributed by atoms with Gasteiger partial charge in [0.1, 0.15) is 0 Å². The average molecular weight is 519 g/mol. The molecule has 2 unspecified atom stereocenters. The molecule has 0 nitrogen and oxygen atoms in total. The van der Waals surface area contributed by atoms with Gasteiger partial charge < -0.3 is 0 Å². The van der Waals surface area contributed by atoms with Gasteiger partial charge in [0.25, 0.3) is 0 Å². The minimum atomic E-state index is 0.546. The Kier molecular flexibility index (Phi) is 14.1. The van der Waals surface area contributed by atoms with Gasteiger partial charge in [0.2, 0.25) is 0 Å². The summed E-state index contributed by atoms with van der Waals surface area (Å²) in [6.45, 7) is 0. The fourth-order valence-electron chi connectivity index (χ4n) is 2.88. The van der Waals surface area contributed by atoms with Gasteiger partial charge in [-0.3, -0.25) is 0 Å². The van der Waals surface area contributed by atoms with Crippen molar-refractivity contribution in [2.45, 2.75) is 33.1 Å². The maximum absolute atomic E-state index is 4.52. The lowest BCUT2D eigenvalue weighted by atomic mass is 10.1.